The Morgan fingerprint density at radius 3 is 2.45 bits per heavy atom. The standard InChI is InChI=1S/C18H28N2O2/c1-4-16(20(3)12-18(13-21)10-5-11-18)17(22)19-15-8-6-14(2)7-9-15/h6-9,16,21H,4-5,10-13H2,1-3H3,(H,19,22). The van der Waals surface area contributed by atoms with Gasteiger partial charge in [0.1, 0.15) is 0 Å². The predicted octanol–water partition coefficient (Wildman–Crippen LogP) is 2.81. The van der Waals surface area contributed by atoms with Gasteiger partial charge in [-0.2, -0.15) is 0 Å². The summed E-state index contributed by atoms with van der Waals surface area (Å²) >= 11 is 0. The van der Waals surface area contributed by atoms with Crippen molar-refractivity contribution in [3.8, 4) is 0 Å². The lowest BCUT2D eigenvalue weighted by molar-refractivity contribution is -0.122. The number of anilines is 1. The van der Waals surface area contributed by atoms with Gasteiger partial charge in [0.05, 0.1) is 6.04 Å². The summed E-state index contributed by atoms with van der Waals surface area (Å²) in [5.74, 6) is 0.0290. The van der Waals surface area contributed by atoms with Crippen molar-refractivity contribution in [1.82, 2.24) is 4.90 Å². The molecule has 1 aromatic rings. The molecule has 1 atom stereocenters. The first kappa shape index (κ1) is 17.0. The van der Waals surface area contributed by atoms with Crippen LogP contribution < -0.4 is 5.32 Å². The second-order valence-electron chi connectivity index (χ2n) is 6.71. The first-order valence-electron chi connectivity index (χ1n) is 8.18. The van der Waals surface area contributed by atoms with E-state index in [1.165, 1.54) is 12.0 Å². The van der Waals surface area contributed by atoms with Gasteiger partial charge in [-0.15, -0.1) is 0 Å². The second-order valence-corrected chi connectivity index (χ2v) is 6.71. The Bertz CT molecular complexity index is 489. The lowest BCUT2D eigenvalue weighted by Gasteiger charge is -2.44. The molecule has 2 N–H and O–H groups in total. The number of benzene rings is 1. The van der Waals surface area contributed by atoms with Crippen molar-refractivity contribution in [2.24, 2.45) is 5.41 Å². The molecular weight excluding hydrogens is 276 g/mol. The van der Waals surface area contributed by atoms with Crippen molar-refractivity contribution < 1.29 is 9.90 Å². The van der Waals surface area contributed by atoms with Gasteiger partial charge in [0.25, 0.3) is 0 Å². The van der Waals surface area contributed by atoms with Crippen LogP contribution in [0.25, 0.3) is 0 Å². The molecule has 1 unspecified atom stereocenters. The van der Waals surface area contributed by atoms with Crippen LogP contribution in [0.1, 0.15) is 38.2 Å². The number of aryl methyl sites for hydroxylation is 1. The molecule has 0 aromatic heterocycles. The monoisotopic (exact) mass is 304 g/mol. The molecule has 4 nitrogen and oxygen atoms in total. The Kier molecular flexibility index (Phi) is 5.59. The molecule has 0 aliphatic heterocycles. The van der Waals surface area contributed by atoms with Crippen LogP contribution in [0, 0.1) is 12.3 Å². The fourth-order valence-corrected chi connectivity index (χ4v) is 3.24. The number of amides is 1. The molecular formula is C18H28N2O2. The van der Waals surface area contributed by atoms with Gasteiger partial charge in [0, 0.05) is 24.3 Å². The number of hydrogen-bond acceptors (Lipinski definition) is 3. The van der Waals surface area contributed by atoms with Crippen LogP contribution in [0.3, 0.4) is 0 Å². The summed E-state index contributed by atoms with van der Waals surface area (Å²) in [5, 5.41) is 12.6. The van der Waals surface area contributed by atoms with Crippen molar-refractivity contribution in [3.63, 3.8) is 0 Å². The fraction of sp³-hybridized carbons (Fsp3) is 0.611. The minimum absolute atomic E-state index is 0.00626. The SMILES string of the molecule is CCC(C(=O)Nc1ccc(C)cc1)N(C)CC1(CO)CCC1. The summed E-state index contributed by atoms with van der Waals surface area (Å²) in [4.78, 5) is 14.6. The van der Waals surface area contributed by atoms with Gasteiger partial charge in [0.2, 0.25) is 5.91 Å². The zero-order chi connectivity index (χ0) is 16.2. The van der Waals surface area contributed by atoms with Gasteiger partial charge in [-0.3, -0.25) is 9.69 Å². The number of carbonyl (C=O) groups excluding carboxylic acids is 1. The largest absolute Gasteiger partial charge is 0.396 e. The minimum atomic E-state index is -0.162. The Balaban J connectivity index is 1.97. The van der Waals surface area contributed by atoms with Crippen molar-refractivity contribution >= 4 is 11.6 Å². The van der Waals surface area contributed by atoms with E-state index in [0.717, 1.165) is 31.5 Å². The smallest absolute Gasteiger partial charge is 0.241 e. The van der Waals surface area contributed by atoms with E-state index in [1.807, 2.05) is 45.2 Å². The maximum Gasteiger partial charge on any atom is 0.241 e. The number of likely N-dealkylation sites (N-methyl/N-ethyl adjacent to an activating group) is 1. The summed E-state index contributed by atoms with van der Waals surface area (Å²) in [7, 11) is 1.98. The van der Waals surface area contributed by atoms with E-state index >= 15 is 0 Å². The molecule has 0 radical (unpaired) electrons. The summed E-state index contributed by atoms with van der Waals surface area (Å²) in [5.41, 5.74) is 2.02. The topological polar surface area (TPSA) is 52.6 Å². The molecule has 0 heterocycles. The zero-order valence-corrected chi connectivity index (χ0v) is 13.9. The van der Waals surface area contributed by atoms with Gasteiger partial charge in [0.15, 0.2) is 0 Å². The summed E-state index contributed by atoms with van der Waals surface area (Å²) in [6.07, 6.45) is 4.06. The molecule has 1 amide bonds. The Hall–Kier alpha value is -1.39. The highest BCUT2D eigenvalue weighted by atomic mass is 16.3. The molecule has 1 aliphatic rings. The van der Waals surface area contributed by atoms with Crippen LogP contribution in [0.2, 0.25) is 0 Å². The maximum atomic E-state index is 12.5. The van der Waals surface area contributed by atoms with Gasteiger partial charge in [-0.25, -0.2) is 0 Å². The molecule has 0 saturated heterocycles. The number of hydrogen-bond donors (Lipinski definition) is 2. The molecule has 122 valence electrons. The number of carbonyl (C=O) groups is 1. The third kappa shape index (κ3) is 3.87. The van der Waals surface area contributed by atoms with Gasteiger partial charge in [-0.1, -0.05) is 31.0 Å². The quantitative estimate of drug-likeness (QED) is 0.814. The lowest BCUT2D eigenvalue weighted by atomic mass is 9.69. The minimum Gasteiger partial charge on any atom is -0.396 e. The first-order chi connectivity index (χ1) is 10.5. The number of rotatable bonds is 7. The summed E-state index contributed by atoms with van der Waals surface area (Å²) in [6.45, 7) is 5.06. The Labute approximate surface area is 133 Å². The predicted molar refractivity (Wildman–Crippen MR) is 89.9 cm³/mol. The number of nitrogens with one attached hydrogen (secondary N) is 1. The summed E-state index contributed by atoms with van der Waals surface area (Å²) < 4.78 is 0. The van der Waals surface area contributed by atoms with Crippen molar-refractivity contribution in [1.29, 1.82) is 0 Å². The fourth-order valence-electron chi connectivity index (χ4n) is 3.24. The highest BCUT2D eigenvalue weighted by Crippen LogP contribution is 2.41. The van der Waals surface area contributed by atoms with Crippen LogP contribution in [0.15, 0.2) is 24.3 Å². The Morgan fingerprint density at radius 2 is 2.00 bits per heavy atom. The van der Waals surface area contributed by atoms with E-state index in [0.29, 0.717) is 0 Å². The zero-order valence-electron chi connectivity index (χ0n) is 13.9. The van der Waals surface area contributed by atoms with Crippen LogP contribution >= 0.6 is 0 Å². The van der Waals surface area contributed by atoms with Crippen LogP contribution in [-0.2, 0) is 4.79 Å². The van der Waals surface area contributed by atoms with Crippen molar-refractivity contribution in [2.45, 2.75) is 45.6 Å². The van der Waals surface area contributed by atoms with E-state index in [-0.39, 0.29) is 24.0 Å². The Morgan fingerprint density at radius 1 is 1.36 bits per heavy atom. The van der Waals surface area contributed by atoms with Gasteiger partial charge >= 0.3 is 0 Å². The normalized spacial score (nSPS) is 17.9. The van der Waals surface area contributed by atoms with E-state index in [9.17, 15) is 9.90 Å². The number of aliphatic hydroxyl groups is 1. The van der Waals surface area contributed by atoms with Crippen molar-refractivity contribution in [3.05, 3.63) is 29.8 Å². The number of nitrogens with zero attached hydrogens (tertiary/aromatic N) is 1. The van der Waals surface area contributed by atoms with E-state index in [2.05, 4.69) is 10.2 Å². The van der Waals surface area contributed by atoms with E-state index < -0.39 is 0 Å². The highest BCUT2D eigenvalue weighted by Gasteiger charge is 2.39. The molecule has 22 heavy (non-hydrogen) atoms. The lowest BCUT2D eigenvalue weighted by Crippen LogP contribution is -2.50. The average Bonchev–Trinajstić information content (AvgIpc) is 2.46. The summed E-state index contributed by atoms with van der Waals surface area (Å²) in [6, 6.07) is 7.69. The van der Waals surface area contributed by atoms with E-state index in [4.69, 9.17) is 0 Å². The average molecular weight is 304 g/mol. The molecule has 1 aliphatic carbocycles. The molecule has 0 bridgehead atoms. The third-order valence-corrected chi connectivity index (χ3v) is 4.87. The second kappa shape index (κ2) is 7.25. The van der Waals surface area contributed by atoms with Gasteiger partial charge in [-0.05, 0) is 45.4 Å². The first-order valence-corrected chi connectivity index (χ1v) is 8.18. The molecule has 1 fully saturated rings. The van der Waals surface area contributed by atoms with Crippen LogP contribution in [0.4, 0.5) is 5.69 Å². The van der Waals surface area contributed by atoms with Crippen LogP contribution in [-0.4, -0.2) is 42.2 Å². The maximum absolute atomic E-state index is 12.5. The molecule has 2 rings (SSSR count). The van der Waals surface area contributed by atoms with Crippen LogP contribution in [0.5, 0.6) is 0 Å². The highest BCUT2D eigenvalue weighted by molar-refractivity contribution is 5.94. The molecule has 1 aromatic carbocycles. The molecule has 0 spiro atoms. The molecule has 4 heteroatoms. The van der Waals surface area contributed by atoms with E-state index in [1.54, 1.807) is 0 Å². The van der Waals surface area contributed by atoms with Crippen molar-refractivity contribution in [2.75, 3.05) is 25.5 Å². The third-order valence-electron chi connectivity index (χ3n) is 4.87. The molecule has 1 saturated carbocycles. The number of aliphatic hydroxyl groups excluding tert-OH is 1. The van der Waals surface area contributed by atoms with Gasteiger partial charge < -0.3 is 10.4 Å².